The summed E-state index contributed by atoms with van der Waals surface area (Å²) < 4.78 is 26.7. The monoisotopic (exact) mass is 402 g/mol. The summed E-state index contributed by atoms with van der Waals surface area (Å²) >= 11 is 7.02. The molecule has 1 aromatic heterocycles. The highest BCUT2D eigenvalue weighted by molar-refractivity contribution is 7.89. The lowest BCUT2D eigenvalue weighted by atomic mass is 10.4. The minimum atomic E-state index is -3.59. The summed E-state index contributed by atoms with van der Waals surface area (Å²) in [6.45, 7) is 1.51. The Morgan fingerprint density at radius 1 is 1.28 bits per heavy atom. The SMILES string of the molecule is O=C(NO)c1cnc(N2CCN(S(=O)(=O)c3cccc(Cl)c3)CC2)s1. The molecule has 0 atom stereocenters. The second-order valence-electron chi connectivity index (χ2n) is 5.30. The number of carbonyl (C=O) groups is 1. The molecule has 2 aromatic rings. The quantitative estimate of drug-likeness (QED) is 0.592. The molecule has 1 aliphatic heterocycles. The molecule has 0 saturated carbocycles. The molecule has 25 heavy (non-hydrogen) atoms. The highest BCUT2D eigenvalue weighted by Gasteiger charge is 2.29. The van der Waals surface area contributed by atoms with E-state index in [4.69, 9.17) is 16.8 Å². The van der Waals surface area contributed by atoms with E-state index in [0.29, 0.717) is 36.3 Å². The predicted molar refractivity (Wildman–Crippen MR) is 93.8 cm³/mol. The Hall–Kier alpha value is -1.72. The van der Waals surface area contributed by atoms with Crippen LogP contribution in [0.25, 0.3) is 0 Å². The molecular formula is C14H15ClN4O4S2. The number of rotatable bonds is 4. The standard InChI is InChI=1S/C14H15ClN4O4S2/c15-10-2-1-3-11(8-10)25(22,23)19-6-4-18(5-7-19)14-16-9-12(24-14)13(20)17-21/h1-3,8-9,21H,4-7H2,(H,17,20). The van der Waals surface area contributed by atoms with Crippen molar-refractivity contribution in [3.8, 4) is 0 Å². The van der Waals surface area contributed by atoms with Crippen molar-refractivity contribution in [1.29, 1.82) is 0 Å². The Balaban J connectivity index is 1.69. The molecule has 0 bridgehead atoms. The number of aromatic nitrogens is 1. The molecular weight excluding hydrogens is 388 g/mol. The lowest BCUT2D eigenvalue weighted by Gasteiger charge is -2.33. The van der Waals surface area contributed by atoms with Gasteiger partial charge in [-0.25, -0.2) is 18.9 Å². The fraction of sp³-hybridized carbons (Fsp3) is 0.286. The van der Waals surface area contributed by atoms with E-state index < -0.39 is 15.9 Å². The molecule has 3 rings (SSSR count). The van der Waals surface area contributed by atoms with Crippen LogP contribution in [0, 0.1) is 0 Å². The van der Waals surface area contributed by atoms with Crippen molar-refractivity contribution < 1.29 is 18.4 Å². The Morgan fingerprint density at radius 3 is 2.64 bits per heavy atom. The fourth-order valence-electron chi connectivity index (χ4n) is 2.47. The van der Waals surface area contributed by atoms with Crippen LogP contribution in [0.1, 0.15) is 9.67 Å². The van der Waals surface area contributed by atoms with Crippen molar-refractivity contribution in [1.82, 2.24) is 14.8 Å². The lowest BCUT2D eigenvalue weighted by molar-refractivity contribution is 0.0710. The summed E-state index contributed by atoms with van der Waals surface area (Å²) in [5.74, 6) is -0.620. The van der Waals surface area contributed by atoms with E-state index in [-0.39, 0.29) is 9.77 Å². The topological polar surface area (TPSA) is 103 Å². The first-order chi connectivity index (χ1) is 11.9. The summed E-state index contributed by atoms with van der Waals surface area (Å²) in [7, 11) is -3.59. The zero-order valence-corrected chi connectivity index (χ0v) is 15.3. The number of nitrogens with zero attached hydrogens (tertiary/aromatic N) is 3. The van der Waals surface area contributed by atoms with Crippen molar-refractivity contribution in [3.05, 3.63) is 40.4 Å². The van der Waals surface area contributed by atoms with Crippen molar-refractivity contribution >= 4 is 44.0 Å². The van der Waals surface area contributed by atoms with Crippen molar-refractivity contribution in [2.75, 3.05) is 31.1 Å². The number of thiazole rings is 1. The van der Waals surface area contributed by atoms with Gasteiger partial charge in [-0.3, -0.25) is 10.0 Å². The Morgan fingerprint density at radius 2 is 2.00 bits per heavy atom. The third kappa shape index (κ3) is 3.77. The fourth-order valence-corrected chi connectivity index (χ4v) is 5.05. The van der Waals surface area contributed by atoms with Crippen molar-refractivity contribution in [3.63, 3.8) is 0 Å². The number of piperazine rings is 1. The summed E-state index contributed by atoms with van der Waals surface area (Å²) in [4.78, 5) is 17.9. The number of hydroxylamine groups is 1. The van der Waals surface area contributed by atoms with Gasteiger partial charge >= 0.3 is 0 Å². The molecule has 2 N–H and O–H groups in total. The van der Waals surface area contributed by atoms with Crippen LogP contribution in [0.3, 0.4) is 0 Å². The van der Waals surface area contributed by atoms with E-state index in [1.807, 2.05) is 4.90 Å². The van der Waals surface area contributed by atoms with Gasteiger partial charge in [0.1, 0.15) is 4.88 Å². The van der Waals surface area contributed by atoms with Crippen LogP contribution in [0.2, 0.25) is 5.02 Å². The molecule has 0 radical (unpaired) electrons. The highest BCUT2D eigenvalue weighted by Crippen LogP contribution is 2.26. The molecule has 1 aromatic carbocycles. The predicted octanol–water partition coefficient (Wildman–Crippen LogP) is 1.43. The molecule has 134 valence electrons. The smallest absolute Gasteiger partial charge is 0.286 e. The first kappa shape index (κ1) is 18.1. The van der Waals surface area contributed by atoms with Gasteiger partial charge in [0, 0.05) is 31.2 Å². The zero-order chi connectivity index (χ0) is 18.0. The van der Waals surface area contributed by atoms with Gasteiger partial charge in [-0.15, -0.1) is 0 Å². The largest absolute Gasteiger partial charge is 0.345 e. The molecule has 1 saturated heterocycles. The van der Waals surface area contributed by atoms with Crippen molar-refractivity contribution in [2.24, 2.45) is 0 Å². The number of amides is 1. The summed E-state index contributed by atoms with van der Waals surface area (Å²) in [6.07, 6.45) is 1.38. The van der Waals surface area contributed by atoms with Crippen molar-refractivity contribution in [2.45, 2.75) is 4.90 Å². The summed E-state index contributed by atoms with van der Waals surface area (Å²) in [5, 5.41) is 9.62. The summed E-state index contributed by atoms with van der Waals surface area (Å²) in [6, 6.07) is 6.19. The molecule has 1 amide bonds. The van der Waals surface area contributed by atoms with Gasteiger partial charge in [-0.05, 0) is 18.2 Å². The maximum absolute atomic E-state index is 12.7. The van der Waals surface area contributed by atoms with Crippen LogP contribution < -0.4 is 10.4 Å². The molecule has 1 aliphatic rings. The Kier molecular flexibility index (Phi) is 5.25. The zero-order valence-electron chi connectivity index (χ0n) is 12.9. The number of nitrogens with one attached hydrogen (secondary N) is 1. The van der Waals surface area contributed by atoms with E-state index >= 15 is 0 Å². The number of carbonyl (C=O) groups excluding carboxylic acids is 1. The number of halogens is 1. The Labute approximate surface area is 153 Å². The van der Waals surface area contributed by atoms with E-state index in [1.54, 1.807) is 17.6 Å². The van der Waals surface area contributed by atoms with E-state index in [1.165, 1.54) is 22.6 Å². The van der Waals surface area contributed by atoms with E-state index in [0.717, 1.165) is 11.3 Å². The van der Waals surface area contributed by atoms with E-state index in [9.17, 15) is 13.2 Å². The third-order valence-corrected chi connectivity index (χ3v) is 6.95. The van der Waals surface area contributed by atoms with Gasteiger partial charge in [0.05, 0.1) is 11.1 Å². The first-order valence-corrected chi connectivity index (χ1v) is 9.96. The van der Waals surface area contributed by atoms with Gasteiger partial charge in [0.25, 0.3) is 5.91 Å². The highest BCUT2D eigenvalue weighted by atomic mass is 35.5. The maximum atomic E-state index is 12.7. The number of anilines is 1. The molecule has 0 spiro atoms. The number of sulfonamides is 1. The minimum Gasteiger partial charge on any atom is -0.345 e. The van der Waals surface area contributed by atoms with Gasteiger partial charge in [0.2, 0.25) is 10.0 Å². The third-order valence-electron chi connectivity index (χ3n) is 3.76. The first-order valence-electron chi connectivity index (χ1n) is 7.33. The van der Waals surface area contributed by atoms with Crippen LogP contribution in [0.5, 0.6) is 0 Å². The minimum absolute atomic E-state index is 0.171. The second kappa shape index (κ2) is 7.26. The van der Waals surface area contributed by atoms with E-state index in [2.05, 4.69) is 4.98 Å². The average Bonchev–Trinajstić information content (AvgIpc) is 3.11. The van der Waals surface area contributed by atoms with Crippen LogP contribution >= 0.6 is 22.9 Å². The van der Waals surface area contributed by atoms with Crippen LogP contribution in [0.4, 0.5) is 5.13 Å². The molecule has 0 aliphatic carbocycles. The van der Waals surface area contributed by atoms with Gasteiger partial charge in [-0.1, -0.05) is 29.0 Å². The van der Waals surface area contributed by atoms with Gasteiger partial charge in [-0.2, -0.15) is 4.31 Å². The normalized spacial score (nSPS) is 16.0. The van der Waals surface area contributed by atoms with Crippen LogP contribution in [-0.4, -0.2) is 55.0 Å². The molecule has 1 fully saturated rings. The van der Waals surface area contributed by atoms with Crippen LogP contribution in [0.15, 0.2) is 35.4 Å². The molecule has 2 heterocycles. The van der Waals surface area contributed by atoms with Gasteiger partial charge < -0.3 is 4.90 Å². The Bertz CT molecular complexity index is 878. The van der Waals surface area contributed by atoms with Gasteiger partial charge in [0.15, 0.2) is 5.13 Å². The molecule has 8 nitrogen and oxygen atoms in total. The molecule has 0 unspecified atom stereocenters. The maximum Gasteiger partial charge on any atom is 0.286 e. The lowest BCUT2D eigenvalue weighted by Crippen LogP contribution is -2.48. The summed E-state index contributed by atoms with van der Waals surface area (Å²) in [5.41, 5.74) is 1.56. The number of hydrogen-bond acceptors (Lipinski definition) is 7. The number of hydrogen-bond donors (Lipinski definition) is 2. The second-order valence-corrected chi connectivity index (χ2v) is 8.68. The molecule has 11 heteroatoms. The van der Waals surface area contributed by atoms with Crippen LogP contribution in [-0.2, 0) is 10.0 Å². The number of benzene rings is 1. The average molecular weight is 403 g/mol.